The van der Waals surface area contributed by atoms with Gasteiger partial charge in [-0.25, -0.2) is 9.78 Å². The summed E-state index contributed by atoms with van der Waals surface area (Å²) in [6.07, 6.45) is 4.22. The van der Waals surface area contributed by atoms with E-state index in [1.807, 2.05) is 46.8 Å². The molecule has 1 saturated heterocycles. The van der Waals surface area contributed by atoms with E-state index in [2.05, 4.69) is 4.98 Å². The van der Waals surface area contributed by atoms with Gasteiger partial charge in [0, 0.05) is 19.3 Å². The fourth-order valence-electron chi connectivity index (χ4n) is 2.97. The monoisotopic (exact) mass is 347 g/mol. The van der Waals surface area contributed by atoms with Crippen LogP contribution >= 0.6 is 0 Å². The van der Waals surface area contributed by atoms with Crippen molar-refractivity contribution in [1.82, 2.24) is 9.88 Å². The van der Waals surface area contributed by atoms with Crippen LogP contribution in [0, 0.1) is 5.92 Å². The largest absolute Gasteiger partial charge is 0.443 e. The Labute approximate surface area is 150 Å². The number of hydrogen-bond donors (Lipinski definition) is 0. The molecule has 0 spiro atoms. The SMILES string of the molecule is CC(C)CN(C(=O)OC(C)(C)C)c1ccc(C2CCCN2C=O)cn1. The molecule has 2 rings (SSSR count). The van der Waals surface area contributed by atoms with Crippen molar-refractivity contribution in [3.05, 3.63) is 23.9 Å². The normalized spacial score (nSPS) is 17.7. The summed E-state index contributed by atoms with van der Waals surface area (Å²) in [7, 11) is 0. The predicted octanol–water partition coefficient (Wildman–Crippen LogP) is 3.77. The Morgan fingerprint density at radius 2 is 2.16 bits per heavy atom. The lowest BCUT2D eigenvalue weighted by atomic mass is 10.1. The summed E-state index contributed by atoms with van der Waals surface area (Å²) in [5.41, 5.74) is 0.447. The molecule has 1 aliphatic rings. The third-order valence-corrected chi connectivity index (χ3v) is 4.02. The summed E-state index contributed by atoms with van der Waals surface area (Å²) in [5.74, 6) is 0.858. The van der Waals surface area contributed by atoms with Crippen molar-refractivity contribution in [2.45, 2.75) is 59.1 Å². The van der Waals surface area contributed by atoms with Gasteiger partial charge in [-0.15, -0.1) is 0 Å². The van der Waals surface area contributed by atoms with Gasteiger partial charge in [0.25, 0.3) is 0 Å². The van der Waals surface area contributed by atoms with Crippen molar-refractivity contribution >= 4 is 18.3 Å². The van der Waals surface area contributed by atoms with Crippen LogP contribution in [0.15, 0.2) is 18.3 Å². The second kappa shape index (κ2) is 7.85. The molecule has 0 aliphatic carbocycles. The molecule has 1 aliphatic heterocycles. The highest BCUT2D eigenvalue weighted by molar-refractivity contribution is 5.86. The number of anilines is 1. The van der Waals surface area contributed by atoms with Crippen LogP contribution in [0.3, 0.4) is 0 Å². The first-order chi connectivity index (χ1) is 11.7. The van der Waals surface area contributed by atoms with Crippen molar-refractivity contribution in [1.29, 1.82) is 0 Å². The molecular weight excluding hydrogens is 318 g/mol. The van der Waals surface area contributed by atoms with Gasteiger partial charge in [-0.05, 0) is 51.2 Å². The summed E-state index contributed by atoms with van der Waals surface area (Å²) in [6, 6.07) is 3.87. The minimum absolute atomic E-state index is 0.0825. The smallest absolute Gasteiger partial charge is 0.416 e. The minimum atomic E-state index is -0.555. The van der Waals surface area contributed by atoms with Crippen LogP contribution in [0.1, 0.15) is 59.1 Å². The molecular formula is C19H29N3O3. The summed E-state index contributed by atoms with van der Waals surface area (Å²) in [4.78, 5) is 31.5. The average molecular weight is 347 g/mol. The van der Waals surface area contributed by atoms with Gasteiger partial charge in [0.05, 0.1) is 6.04 Å². The molecule has 138 valence electrons. The molecule has 1 fully saturated rings. The van der Waals surface area contributed by atoms with Crippen LogP contribution in [0.25, 0.3) is 0 Å². The number of hydrogen-bond acceptors (Lipinski definition) is 4. The number of rotatable bonds is 5. The molecule has 1 aromatic heterocycles. The number of aromatic nitrogens is 1. The lowest BCUT2D eigenvalue weighted by molar-refractivity contribution is -0.118. The second-order valence-electron chi connectivity index (χ2n) is 7.94. The molecule has 0 aromatic carbocycles. The Morgan fingerprint density at radius 3 is 2.68 bits per heavy atom. The van der Waals surface area contributed by atoms with E-state index in [0.29, 0.717) is 12.4 Å². The summed E-state index contributed by atoms with van der Waals surface area (Å²) in [6.45, 7) is 11.0. The van der Waals surface area contributed by atoms with E-state index in [4.69, 9.17) is 4.74 Å². The van der Waals surface area contributed by atoms with E-state index in [1.165, 1.54) is 0 Å². The predicted molar refractivity (Wildman–Crippen MR) is 97.4 cm³/mol. The maximum Gasteiger partial charge on any atom is 0.416 e. The zero-order valence-electron chi connectivity index (χ0n) is 15.9. The van der Waals surface area contributed by atoms with Crippen LogP contribution in [0.2, 0.25) is 0 Å². The molecule has 2 heterocycles. The summed E-state index contributed by atoms with van der Waals surface area (Å²) < 4.78 is 5.51. The highest BCUT2D eigenvalue weighted by Crippen LogP contribution is 2.31. The molecule has 6 heteroatoms. The van der Waals surface area contributed by atoms with Crippen LogP contribution in [0.5, 0.6) is 0 Å². The maximum absolute atomic E-state index is 12.5. The molecule has 0 radical (unpaired) electrons. The fraction of sp³-hybridized carbons (Fsp3) is 0.632. The quantitative estimate of drug-likeness (QED) is 0.761. The Hall–Kier alpha value is -2.11. The van der Waals surface area contributed by atoms with Gasteiger partial charge in [-0.1, -0.05) is 19.9 Å². The number of amides is 2. The molecule has 25 heavy (non-hydrogen) atoms. The number of carbonyl (C=O) groups excluding carboxylic acids is 2. The lowest BCUT2D eigenvalue weighted by Crippen LogP contribution is -2.39. The first-order valence-electron chi connectivity index (χ1n) is 8.89. The number of nitrogens with zero attached hydrogens (tertiary/aromatic N) is 3. The van der Waals surface area contributed by atoms with Gasteiger partial charge < -0.3 is 9.64 Å². The molecule has 2 amide bonds. The molecule has 1 aromatic rings. The zero-order chi connectivity index (χ0) is 18.6. The topological polar surface area (TPSA) is 62.7 Å². The molecule has 0 N–H and O–H groups in total. The van der Waals surface area contributed by atoms with Gasteiger partial charge >= 0.3 is 6.09 Å². The maximum atomic E-state index is 12.5. The Kier molecular flexibility index (Phi) is 6.03. The molecule has 1 atom stereocenters. The van der Waals surface area contributed by atoms with E-state index in [-0.39, 0.29) is 12.0 Å². The Balaban J connectivity index is 2.20. The zero-order valence-corrected chi connectivity index (χ0v) is 15.9. The van der Waals surface area contributed by atoms with Crippen molar-refractivity contribution in [3.63, 3.8) is 0 Å². The van der Waals surface area contributed by atoms with E-state index < -0.39 is 11.7 Å². The van der Waals surface area contributed by atoms with Crippen LogP contribution in [0.4, 0.5) is 10.6 Å². The van der Waals surface area contributed by atoms with Gasteiger partial charge in [-0.2, -0.15) is 0 Å². The number of carbonyl (C=O) groups is 2. The van der Waals surface area contributed by atoms with Gasteiger partial charge in [0.15, 0.2) is 0 Å². The Bertz CT molecular complexity index is 593. The third-order valence-electron chi connectivity index (χ3n) is 4.02. The van der Waals surface area contributed by atoms with E-state index in [0.717, 1.165) is 31.4 Å². The van der Waals surface area contributed by atoms with Crippen molar-refractivity contribution in [3.8, 4) is 0 Å². The molecule has 0 saturated carbocycles. The highest BCUT2D eigenvalue weighted by Gasteiger charge is 2.27. The minimum Gasteiger partial charge on any atom is -0.443 e. The van der Waals surface area contributed by atoms with Gasteiger partial charge in [0.1, 0.15) is 11.4 Å². The third kappa shape index (κ3) is 5.18. The van der Waals surface area contributed by atoms with E-state index >= 15 is 0 Å². The van der Waals surface area contributed by atoms with Crippen LogP contribution < -0.4 is 4.90 Å². The first-order valence-corrected chi connectivity index (χ1v) is 8.89. The van der Waals surface area contributed by atoms with E-state index in [1.54, 1.807) is 16.0 Å². The Morgan fingerprint density at radius 1 is 1.44 bits per heavy atom. The number of pyridine rings is 1. The standard InChI is InChI=1S/C19H29N3O3/c1-14(2)12-22(18(24)25-19(3,4)5)17-9-8-15(11-20-17)16-7-6-10-21(16)13-23/h8-9,11,13-14,16H,6-7,10,12H2,1-5H3. The van der Waals surface area contributed by atoms with Crippen molar-refractivity contribution in [2.24, 2.45) is 5.92 Å². The van der Waals surface area contributed by atoms with Crippen molar-refractivity contribution < 1.29 is 14.3 Å². The number of ether oxygens (including phenoxy) is 1. The fourth-order valence-corrected chi connectivity index (χ4v) is 2.97. The molecule has 6 nitrogen and oxygen atoms in total. The highest BCUT2D eigenvalue weighted by atomic mass is 16.6. The van der Waals surface area contributed by atoms with Gasteiger partial charge in [-0.3, -0.25) is 9.69 Å². The first kappa shape index (κ1) is 19.2. The van der Waals surface area contributed by atoms with E-state index in [9.17, 15) is 9.59 Å². The molecule has 0 bridgehead atoms. The second-order valence-corrected chi connectivity index (χ2v) is 7.94. The average Bonchev–Trinajstić information content (AvgIpc) is 2.99. The number of likely N-dealkylation sites (tertiary alicyclic amines) is 1. The van der Waals surface area contributed by atoms with Crippen molar-refractivity contribution in [2.75, 3.05) is 18.0 Å². The van der Waals surface area contributed by atoms with Crippen LogP contribution in [-0.2, 0) is 9.53 Å². The van der Waals surface area contributed by atoms with Crippen LogP contribution in [-0.4, -0.2) is 41.1 Å². The summed E-state index contributed by atoms with van der Waals surface area (Å²) >= 11 is 0. The van der Waals surface area contributed by atoms with Gasteiger partial charge in [0.2, 0.25) is 6.41 Å². The lowest BCUT2D eigenvalue weighted by Gasteiger charge is -2.28. The molecule has 1 unspecified atom stereocenters. The summed E-state index contributed by atoms with van der Waals surface area (Å²) in [5, 5.41) is 0.